The van der Waals surface area contributed by atoms with Crippen molar-refractivity contribution in [2.45, 2.75) is 24.5 Å². The highest BCUT2D eigenvalue weighted by molar-refractivity contribution is 6.12. The largest absolute Gasteiger partial charge is 0.355 e. The van der Waals surface area contributed by atoms with E-state index in [0.29, 0.717) is 6.04 Å². The van der Waals surface area contributed by atoms with Crippen LogP contribution in [0.4, 0.5) is 11.4 Å². The average molecular weight is 606 g/mol. The molecule has 1 N–H and O–H groups in total. The summed E-state index contributed by atoms with van der Waals surface area (Å²) in [5.41, 5.74) is 10.9. The molecule has 6 aromatic carbocycles. The van der Waals surface area contributed by atoms with Gasteiger partial charge in [-0.1, -0.05) is 133 Å². The van der Waals surface area contributed by atoms with Crippen LogP contribution < -0.4 is 5.32 Å². The van der Waals surface area contributed by atoms with Gasteiger partial charge < -0.3 is 9.88 Å². The first kappa shape index (κ1) is 27.7. The molecule has 0 radical (unpaired) electrons. The fraction of sp³-hybridized carbons (Fsp3) is 0.0909. The number of aromatic nitrogens is 1. The Balaban J connectivity index is 1.06. The topological polar surface area (TPSA) is 20.0 Å². The fourth-order valence-corrected chi connectivity index (χ4v) is 7.60. The first-order chi connectivity index (χ1) is 23.3. The molecule has 226 valence electrons. The molecule has 9 rings (SSSR count). The molecule has 0 amide bonds. The van der Waals surface area contributed by atoms with Crippen LogP contribution >= 0.6 is 0 Å². The van der Waals surface area contributed by atoms with Gasteiger partial charge in [-0.3, -0.25) is 4.90 Å². The van der Waals surface area contributed by atoms with Crippen LogP contribution in [0.15, 0.2) is 176 Å². The zero-order chi connectivity index (χ0) is 31.2. The number of fused-ring (bicyclic) bond motifs is 4. The summed E-state index contributed by atoms with van der Waals surface area (Å²) >= 11 is 0. The normalized spacial score (nSPS) is 19.6. The first-order valence-corrected chi connectivity index (χ1v) is 16.5. The third kappa shape index (κ3) is 4.88. The number of nitrogens with one attached hydrogen (secondary N) is 1. The number of nitrogens with zero attached hydrogens (tertiary/aromatic N) is 2. The van der Waals surface area contributed by atoms with E-state index in [1.54, 1.807) is 0 Å². The molecule has 2 aliphatic rings. The van der Waals surface area contributed by atoms with Gasteiger partial charge in [0.1, 0.15) is 0 Å². The van der Waals surface area contributed by atoms with Crippen LogP contribution in [-0.4, -0.2) is 21.0 Å². The van der Waals surface area contributed by atoms with E-state index in [1.165, 1.54) is 44.1 Å². The summed E-state index contributed by atoms with van der Waals surface area (Å²) in [6.45, 7) is 0.921. The Labute approximate surface area is 275 Å². The second-order valence-electron chi connectivity index (χ2n) is 12.8. The van der Waals surface area contributed by atoms with Crippen molar-refractivity contribution >= 4 is 33.2 Å². The summed E-state index contributed by atoms with van der Waals surface area (Å²) in [4.78, 5) is 2.62. The molecule has 1 aliphatic heterocycles. The van der Waals surface area contributed by atoms with Gasteiger partial charge >= 0.3 is 0 Å². The van der Waals surface area contributed by atoms with Crippen LogP contribution in [0.5, 0.6) is 0 Å². The molecule has 1 saturated heterocycles. The minimum Gasteiger partial charge on any atom is -0.355 e. The molecule has 1 aromatic heterocycles. The highest BCUT2D eigenvalue weighted by Crippen LogP contribution is 2.49. The van der Waals surface area contributed by atoms with Crippen molar-refractivity contribution in [1.82, 2.24) is 9.47 Å². The Morgan fingerprint density at radius 1 is 0.596 bits per heavy atom. The van der Waals surface area contributed by atoms with Gasteiger partial charge in [-0.2, -0.15) is 0 Å². The lowest BCUT2D eigenvalue weighted by atomic mass is 9.92. The van der Waals surface area contributed by atoms with Gasteiger partial charge in [0.05, 0.1) is 22.6 Å². The molecule has 0 saturated carbocycles. The predicted octanol–water partition coefficient (Wildman–Crippen LogP) is 10.5. The minimum atomic E-state index is 0.0736. The molecule has 0 bridgehead atoms. The van der Waals surface area contributed by atoms with Crippen LogP contribution in [0, 0.1) is 0 Å². The lowest BCUT2D eigenvalue weighted by Gasteiger charge is -2.16. The van der Waals surface area contributed by atoms with Gasteiger partial charge in [0.15, 0.2) is 0 Å². The summed E-state index contributed by atoms with van der Waals surface area (Å²) < 4.78 is 2.38. The third-order valence-corrected chi connectivity index (χ3v) is 9.93. The van der Waals surface area contributed by atoms with Crippen molar-refractivity contribution < 1.29 is 0 Å². The highest BCUT2D eigenvalue weighted by Gasteiger charge is 2.59. The highest BCUT2D eigenvalue weighted by atomic mass is 15.4. The summed E-state index contributed by atoms with van der Waals surface area (Å²) in [6.07, 6.45) is 10.2. The monoisotopic (exact) mass is 605 g/mol. The first-order valence-electron chi connectivity index (χ1n) is 16.5. The molecule has 1 fully saturated rings. The van der Waals surface area contributed by atoms with Gasteiger partial charge in [-0.15, -0.1) is 0 Å². The Kier molecular flexibility index (Phi) is 6.65. The summed E-state index contributed by atoms with van der Waals surface area (Å²) in [5, 5.41) is 6.32. The Morgan fingerprint density at radius 3 is 2.09 bits per heavy atom. The van der Waals surface area contributed by atoms with Crippen molar-refractivity contribution in [3.8, 4) is 16.8 Å². The lowest BCUT2D eigenvalue weighted by Crippen LogP contribution is -2.20. The van der Waals surface area contributed by atoms with Gasteiger partial charge in [-0.05, 0) is 65.6 Å². The second-order valence-corrected chi connectivity index (χ2v) is 12.8. The number of benzene rings is 6. The quantitative estimate of drug-likeness (QED) is 0.174. The maximum Gasteiger partial charge on any atom is 0.0636 e. The lowest BCUT2D eigenvalue weighted by molar-refractivity contribution is 0.440. The van der Waals surface area contributed by atoms with Gasteiger partial charge in [0.25, 0.3) is 0 Å². The zero-order valence-corrected chi connectivity index (χ0v) is 26.1. The van der Waals surface area contributed by atoms with E-state index in [2.05, 4.69) is 191 Å². The minimum absolute atomic E-state index is 0.0736. The van der Waals surface area contributed by atoms with E-state index < -0.39 is 0 Å². The SMILES string of the molecule is C1=CC2[N@](Cc3ccc(Nc4cc5c(cc4-c4ccccc4)c4ccccc4n5-c4ccccc4)cc3)C2(Cc2ccccc2)C=C1. The number of para-hydroxylation sites is 2. The van der Waals surface area contributed by atoms with E-state index >= 15 is 0 Å². The second kappa shape index (κ2) is 11.3. The van der Waals surface area contributed by atoms with Crippen molar-refractivity contribution in [2.75, 3.05) is 5.32 Å². The van der Waals surface area contributed by atoms with Gasteiger partial charge in [-0.25, -0.2) is 0 Å². The maximum atomic E-state index is 3.82. The Bertz CT molecular complexity index is 2260. The Morgan fingerprint density at radius 2 is 1.30 bits per heavy atom. The molecule has 3 heteroatoms. The molecule has 3 nitrogen and oxygen atoms in total. The molecular weight excluding hydrogens is 571 g/mol. The van der Waals surface area contributed by atoms with E-state index in [0.717, 1.165) is 30.0 Å². The number of hydrogen-bond acceptors (Lipinski definition) is 2. The van der Waals surface area contributed by atoms with Gasteiger partial charge in [0, 0.05) is 39.9 Å². The molecule has 1 aliphatic carbocycles. The smallest absolute Gasteiger partial charge is 0.0636 e. The summed E-state index contributed by atoms with van der Waals surface area (Å²) in [6, 6.07) is 55.1. The van der Waals surface area contributed by atoms with Crippen molar-refractivity contribution in [3.63, 3.8) is 0 Å². The van der Waals surface area contributed by atoms with Crippen molar-refractivity contribution in [3.05, 3.63) is 187 Å². The third-order valence-electron chi connectivity index (χ3n) is 9.93. The number of anilines is 2. The predicted molar refractivity (Wildman–Crippen MR) is 196 cm³/mol. The van der Waals surface area contributed by atoms with Crippen LogP contribution in [0.1, 0.15) is 11.1 Å². The standard InChI is InChI=1S/C44H35N3/c1-4-14-32(15-5-1)30-44-27-13-12-22-43(44)46(44)31-33-23-25-35(26-24-33)45-40-29-42-39(28-38(40)34-16-6-2-7-17-34)37-20-10-11-21-41(37)47(42)36-18-8-3-9-19-36/h1-29,43,45H,30-31H2/t43?,44?,46-/m0/s1. The molecule has 3 atom stereocenters. The van der Waals surface area contributed by atoms with E-state index in [9.17, 15) is 0 Å². The van der Waals surface area contributed by atoms with E-state index in [4.69, 9.17) is 0 Å². The summed E-state index contributed by atoms with van der Waals surface area (Å²) in [7, 11) is 0. The molecule has 2 heterocycles. The number of rotatable bonds is 8. The maximum absolute atomic E-state index is 3.82. The molecule has 0 spiro atoms. The zero-order valence-electron chi connectivity index (χ0n) is 26.1. The van der Waals surface area contributed by atoms with Gasteiger partial charge in [0.2, 0.25) is 0 Å². The van der Waals surface area contributed by atoms with Crippen molar-refractivity contribution in [2.24, 2.45) is 0 Å². The van der Waals surface area contributed by atoms with Crippen molar-refractivity contribution in [1.29, 1.82) is 0 Å². The average Bonchev–Trinajstić information content (AvgIpc) is 3.62. The van der Waals surface area contributed by atoms with Crippen LogP contribution in [-0.2, 0) is 13.0 Å². The fourth-order valence-electron chi connectivity index (χ4n) is 7.60. The van der Waals surface area contributed by atoms with E-state index in [1.807, 2.05) is 0 Å². The summed E-state index contributed by atoms with van der Waals surface area (Å²) in [5.74, 6) is 0. The van der Waals surface area contributed by atoms with Crippen LogP contribution in [0.3, 0.4) is 0 Å². The molecule has 7 aromatic rings. The number of hydrogen-bond donors (Lipinski definition) is 1. The molecule has 47 heavy (non-hydrogen) atoms. The molecule has 2 unspecified atom stereocenters. The Hall–Kier alpha value is -5.64. The molecular formula is C44H35N3. The van der Waals surface area contributed by atoms with Crippen LogP contribution in [0.2, 0.25) is 0 Å². The van der Waals surface area contributed by atoms with Crippen LogP contribution in [0.25, 0.3) is 38.6 Å². The number of allylic oxidation sites excluding steroid dienone is 2. The van der Waals surface area contributed by atoms with E-state index in [-0.39, 0.29) is 5.54 Å².